The van der Waals surface area contributed by atoms with Crippen molar-refractivity contribution in [1.29, 1.82) is 0 Å². The average molecular weight is 293 g/mol. The highest BCUT2D eigenvalue weighted by Crippen LogP contribution is 2.27. The van der Waals surface area contributed by atoms with Gasteiger partial charge in [-0.3, -0.25) is 4.79 Å². The Kier molecular flexibility index (Phi) is 3.87. The van der Waals surface area contributed by atoms with Crippen molar-refractivity contribution >= 4 is 11.9 Å². The second-order valence-corrected chi connectivity index (χ2v) is 5.65. The summed E-state index contributed by atoms with van der Waals surface area (Å²) < 4.78 is 1.46. The lowest BCUT2D eigenvalue weighted by Gasteiger charge is -2.23. The number of piperidine rings is 1. The van der Waals surface area contributed by atoms with Crippen LogP contribution in [0.5, 0.6) is 0 Å². The maximum Gasteiger partial charge on any atom is 0.358 e. The summed E-state index contributed by atoms with van der Waals surface area (Å²) in [5.41, 5.74) is 0.552. The Hall–Kier alpha value is -1.96. The number of aromatic carboxylic acids is 1. The van der Waals surface area contributed by atoms with E-state index in [4.69, 9.17) is 0 Å². The van der Waals surface area contributed by atoms with Crippen molar-refractivity contribution < 1.29 is 14.7 Å². The molecule has 0 radical (unpaired) electrons. The lowest BCUT2D eigenvalue weighted by atomic mass is 9.93. The van der Waals surface area contributed by atoms with Gasteiger partial charge in [0, 0.05) is 12.0 Å². The monoisotopic (exact) mass is 293 g/mol. The molecule has 0 spiro atoms. The fraction of sp³-hybridized carbons (Fsp3) is 0.692. The zero-order valence-electron chi connectivity index (χ0n) is 11.7. The van der Waals surface area contributed by atoms with Gasteiger partial charge >= 0.3 is 5.97 Å². The molecule has 1 aromatic rings. The first kappa shape index (κ1) is 14.0. The number of nitrogens with zero attached hydrogens (tertiary/aromatic N) is 3. The van der Waals surface area contributed by atoms with E-state index in [2.05, 4.69) is 20.9 Å². The smallest absolute Gasteiger partial charge is 0.358 e. The summed E-state index contributed by atoms with van der Waals surface area (Å²) in [7, 11) is 0. The van der Waals surface area contributed by atoms with Gasteiger partial charge in [0.2, 0.25) is 5.91 Å². The number of nitrogens with one attached hydrogen (secondary N) is 2. The van der Waals surface area contributed by atoms with Gasteiger partial charge in [0.1, 0.15) is 6.54 Å². The van der Waals surface area contributed by atoms with Gasteiger partial charge in [0.25, 0.3) is 0 Å². The first-order chi connectivity index (χ1) is 10.1. The van der Waals surface area contributed by atoms with Crippen LogP contribution in [-0.4, -0.2) is 51.1 Å². The van der Waals surface area contributed by atoms with Crippen LogP contribution in [0.2, 0.25) is 0 Å². The minimum atomic E-state index is -1.09. The molecule has 21 heavy (non-hydrogen) atoms. The quantitative estimate of drug-likeness (QED) is 0.689. The Labute approximate surface area is 121 Å². The molecule has 0 atom stereocenters. The SMILES string of the molecule is O=C(Cn1nnc(C(=O)O)c1C1CCNCC1)NC1CC1. The van der Waals surface area contributed by atoms with E-state index < -0.39 is 5.97 Å². The molecule has 1 aromatic heterocycles. The summed E-state index contributed by atoms with van der Waals surface area (Å²) in [6, 6.07) is 0.280. The van der Waals surface area contributed by atoms with E-state index in [0.717, 1.165) is 38.8 Å². The number of carboxylic acids is 1. The Morgan fingerprint density at radius 2 is 2.00 bits per heavy atom. The molecule has 1 saturated carbocycles. The molecule has 1 saturated heterocycles. The predicted octanol–water partition coefficient (Wildman–Crippen LogP) is -0.278. The van der Waals surface area contributed by atoms with Crippen molar-refractivity contribution in [3.63, 3.8) is 0 Å². The van der Waals surface area contributed by atoms with Gasteiger partial charge in [-0.2, -0.15) is 0 Å². The molecule has 8 heteroatoms. The Morgan fingerprint density at radius 1 is 1.29 bits per heavy atom. The van der Waals surface area contributed by atoms with Gasteiger partial charge in [-0.15, -0.1) is 5.10 Å². The predicted molar refractivity (Wildman–Crippen MR) is 73.0 cm³/mol. The highest BCUT2D eigenvalue weighted by molar-refractivity contribution is 5.87. The topological polar surface area (TPSA) is 109 Å². The summed E-state index contributed by atoms with van der Waals surface area (Å²) in [5, 5.41) is 23.0. The molecule has 1 aliphatic heterocycles. The van der Waals surface area contributed by atoms with Gasteiger partial charge in [-0.1, -0.05) is 5.21 Å². The van der Waals surface area contributed by atoms with Crippen LogP contribution in [0.25, 0.3) is 0 Å². The number of amides is 1. The Morgan fingerprint density at radius 3 is 2.62 bits per heavy atom. The maximum absolute atomic E-state index is 11.9. The Balaban J connectivity index is 1.80. The molecular formula is C13H19N5O3. The fourth-order valence-corrected chi connectivity index (χ4v) is 2.73. The van der Waals surface area contributed by atoms with E-state index in [-0.39, 0.29) is 30.1 Å². The third-order valence-corrected chi connectivity index (χ3v) is 3.94. The second kappa shape index (κ2) is 5.80. The van der Waals surface area contributed by atoms with Crippen LogP contribution in [0.3, 0.4) is 0 Å². The lowest BCUT2D eigenvalue weighted by molar-refractivity contribution is -0.122. The zero-order chi connectivity index (χ0) is 14.8. The van der Waals surface area contributed by atoms with E-state index in [1.54, 1.807) is 0 Å². The third-order valence-electron chi connectivity index (χ3n) is 3.94. The number of hydrogen-bond donors (Lipinski definition) is 3. The molecule has 0 aromatic carbocycles. The number of carbonyl (C=O) groups is 2. The number of rotatable bonds is 5. The summed E-state index contributed by atoms with van der Waals surface area (Å²) in [4.78, 5) is 23.2. The van der Waals surface area contributed by atoms with Crippen LogP contribution in [0.4, 0.5) is 0 Å². The first-order valence-corrected chi connectivity index (χ1v) is 7.32. The Bertz CT molecular complexity index is 546. The molecule has 1 amide bonds. The van der Waals surface area contributed by atoms with Gasteiger partial charge in [0.15, 0.2) is 5.69 Å². The van der Waals surface area contributed by atoms with Crippen LogP contribution in [-0.2, 0) is 11.3 Å². The van der Waals surface area contributed by atoms with E-state index in [0.29, 0.717) is 5.69 Å². The lowest BCUT2D eigenvalue weighted by Crippen LogP contribution is -2.32. The van der Waals surface area contributed by atoms with Crippen LogP contribution in [0, 0.1) is 0 Å². The molecule has 2 fully saturated rings. The number of carbonyl (C=O) groups excluding carboxylic acids is 1. The average Bonchev–Trinajstić information content (AvgIpc) is 3.17. The van der Waals surface area contributed by atoms with Crippen molar-refractivity contribution in [2.45, 2.75) is 44.2 Å². The van der Waals surface area contributed by atoms with Crippen molar-refractivity contribution in [3.05, 3.63) is 11.4 Å². The summed E-state index contributed by atoms with van der Waals surface area (Å²) in [6.45, 7) is 1.71. The molecule has 0 unspecified atom stereocenters. The largest absolute Gasteiger partial charge is 0.476 e. The summed E-state index contributed by atoms with van der Waals surface area (Å²) >= 11 is 0. The normalized spacial score (nSPS) is 19.4. The summed E-state index contributed by atoms with van der Waals surface area (Å²) in [6.07, 6.45) is 3.70. The molecule has 3 rings (SSSR count). The van der Waals surface area contributed by atoms with Crippen molar-refractivity contribution in [1.82, 2.24) is 25.6 Å². The van der Waals surface area contributed by atoms with Crippen LogP contribution >= 0.6 is 0 Å². The molecule has 2 aliphatic rings. The van der Waals surface area contributed by atoms with Crippen LogP contribution < -0.4 is 10.6 Å². The molecule has 2 heterocycles. The highest BCUT2D eigenvalue weighted by Gasteiger charge is 2.29. The van der Waals surface area contributed by atoms with Gasteiger partial charge < -0.3 is 15.7 Å². The standard InChI is InChI=1S/C13H19N5O3/c19-10(15-9-1-2-9)7-18-12(8-3-5-14-6-4-8)11(13(20)21)16-17-18/h8-9,14H,1-7H2,(H,15,19)(H,20,21). The van der Waals surface area contributed by atoms with Gasteiger partial charge in [-0.05, 0) is 38.8 Å². The van der Waals surface area contributed by atoms with Crippen LogP contribution in [0.15, 0.2) is 0 Å². The third kappa shape index (κ3) is 3.21. The zero-order valence-corrected chi connectivity index (χ0v) is 11.7. The molecule has 3 N–H and O–H groups in total. The van der Waals surface area contributed by atoms with E-state index in [1.165, 1.54) is 4.68 Å². The number of hydrogen-bond acceptors (Lipinski definition) is 5. The maximum atomic E-state index is 11.9. The molecule has 1 aliphatic carbocycles. The minimum Gasteiger partial charge on any atom is -0.476 e. The highest BCUT2D eigenvalue weighted by atomic mass is 16.4. The minimum absolute atomic E-state index is 0.0267. The second-order valence-electron chi connectivity index (χ2n) is 5.65. The van der Waals surface area contributed by atoms with E-state index in [1.807, 2.05) is 0 Å². The molecule has 8 nitrogen and oxygen atoms in total. The number of aromatic nitrogens is 3. The van der Waals surface area contributed by atoms with Crippen molar-refractivity contribution in [3.8, 4) is 0 Å². The van der Waals surface area contributed by atoms with E-state index in [9.17, 15) is 14.7 Å². The first-order valence-electron chi connectivity index (χ1n) is 7.32. The number of carboxylic acid groups (broad SMARTS) is 1. The van der Waals surface area contributed by atoms with Gasteiger partial charge in [-0.25, -0.2) is 9.48 Å². The van der Waals surface area contributed by atoms with E-state index >= 15 is 0 Å². The van der Waals surface area contributed by atoms with Crippen LogP contribution in [0.1, 0.15) is 47.8 Å². The summed E-state index contributed by atoms with van der Waals surface area (Å²) in [5.74, 6) is -1.13. The van der Waals surface area contributed by atoms with Crippen molar-refractivity contribution in [2.75, 3.05) is 13.1 Å². The molecular weight excluding hydrogens is 274 g/mol. The van der Waals surface area contributed by atoms with Gasteiger partial charge in [0.05, 0.1) is 5.69 Å². The fourth-order valence-electron chi connectivity index (χ4n) is 2.73. The molecule has 114 valence electrons. The van der Waals surface area contributed by atoms with Crippen molar-refractivity contribution in [2.24, 2.45) is 0 Å². The molecule has 0 bridgehead atoms.